The van der Waals surface area contributed by atoms with Gasteiger partial charge in [-0.1, -0.05) is 103 Å². The zero-order chi connectivity index (χ0) is 19.5. The third-order valence-electron chi connectivity index (χ3n) is 5.40. The van der Waals surface area contributed by atoms with Crippen LogP contribution in [0.3, 0.4) is 0 Å². The standard InChI is InChI=1S/C27H22N2/c1-3-10-21(11-4-1)18-19-24-20-27(23-13-5-2-6-14-23)29(28-24)26-17-9-15-22-12-7-8-16-25(22)26/h1-19,27H,20H2. The minimum absolute atomic E-state index is 0.192. The Hall–Kier alpha value is -3.65. The first kappa shape index (κ1) is 17.4. The van der Waals surface area contributed by atoms with Crippen LogP contribution >= 0.6 is 0 Å². The summed E-state index contributed by atoms with van der Waals surface area (Å²) in [6.45, 7) is 0. The molecule has 140 valence electrons. The van der Waals surface area contributed by atoms with Gasteiger partial charge in [0.25, 0.3) is 0 Å². The molecule has 0 saturated carbocycles. The van der Waals surface area contributed by atoms with E-state index in [1.54, 1.807) is 0 Å². The molecule has 1 atom stereocenters. The zero-order valence-electron chi connectivity index (χ0n) is 16.1. The van der Waals surface area contributed by atoms with E-state index in [1.807, 2.05) is 6.07 Å². The van der Waals surface area contributed by atoms with Crippen LogP contribution in [0.15, 0.2) is 114 Å². The Balaban J connectivity index is 1.57. The highest BCUT2D eigenvalue weighted by atomic mass is 15.5. The molecule has 0 spiro atoms. The van der Waals surface area contributed by atoms with E-state index in [0.717, 1.165) is 17.8 Å². The molecule has 1 aliphatic rings. The summed E-state index contributed by atoms with van der Waals surface area (Å²) in [5.41, 5.74) is 4.72. The van der Waals surface area contributed by atoms with Crippen molar-refractivity contribution in [2.75, 3.05) is 5.01 Å². The molecule has 0 saturated heterocycles. The molecular weight excluding hydrogens is 352 g/mol. The Morgan fingerprint density at radius 3 is 2.21 bits per heavy atom. The van der Waals surface area contributed by atoms with Crippen molar-refractivity contribution in [3.63, 3.8) is 0 Å². The molecule has 1 unspecified atom stereocenters. The first-order chi connectivity index (χ1) is 14.4. The van der Waals surface area contributed by atoms with Crippen molar-refractivity contribution in [2.45, 2.75) is 12.5 Å². The van der Waals surface area contributed by atoms with Gasteiger partial charge in [-0.2, -0.15) is 5.10 Å². The fourth-order valence-corrected chi connectivity index (χ4v) is 3.96. The average molecular weight is 374 g/mol. The minimum atomic E-state index is 0.192. The molecule has 2 heteroatoms. The van der Waals surface area contributed by atoms with Crippen molar-refractivity contribution in [1.82, 2.24) is 0 Å². The van der Waals surface area contributed by atoms with E-state index in [1.165, 1.54) is 21.9 Å². The van der Waals surface area contributed by atoms with Crippen molar-refractivity contribution in [3.05, 3.63) is 120 Å². The van der Waals surface area contributed by atoms with E-state index in [-0.39, 0.29) is 6.04 Å². The van der Waals surface area contributed by atoms with E-state index in [0.29, 0.717) is 0 Å². The molecule has 4 aromatic carbocycles. The molecule has 1 heterocycles. The summed E-state index contributed by atoms with van der Waals surface area (Å²) in [6, 6.07) is 36.2. The van der Waals surface area contributed by atoms with Crippen LogP contribution in [0.2, 0.25) is 0 Å². The summed E-state index contributed by atoms with van der Waals surface area (Å²) in [6.07, 6.45) is 5.18. The van der Waals surface area contributed by atoms with Crippen molar-refractivity contribution in [3.8, 4) is 0 Å². The molecule has 4 aromatic rings. The van der Waals surface area contributed by atoms with Gasteiger partial charge < -0.3 is 0 Å². The number of hydrazone groups is 1. The lowest BCUT2D eigenvalue weighted by molar-refractivity contribution is 0.711. The molecule has 0 fully saturated rings. The third-order valence-corrected chi connectivity index (χ3v) is 5.40. The largest absolute Gasteiger partial charge is 0.257 e. The number of hydrogen-bond donors (Lipinski definition) is 0. The number of rotatable bonds is 4. The molecule has 0 amide bonds. The Labute approximate surface area is 171 Å². The topological polar surface area (TPSA) is 15.6 Å². The Kier molecular flexibility index (Phi) is 4.67. The van der Waals surface area contributed by atoms with Crippen LogP contribution in [0.25, 0.3) is 16.8 Å². The molecule has 0 radical (unpaired) electrons. The SMILES string of the molecule is C(=Cc1ccccc1)C1=NN(c2cccc3ccccc23)C(c2ccccc2)C1. The summed E-state index contributed by atoms with van der Waals surface area (Å²) in [5.74, 6) is 0. The van der Waals surface area contributed by atoms with Gasteiger partial charge in [-0.05, 0) is 28.7 Å². The number of fused-ring (bicyclic) bond motifs is 1. The minimum Gasteiger partial charge on any atom is -0.257 e. The summed E-state index contributed by atoms with van der Waals surface area (Å²) in [5, 5.41) is 9.71. The number of hydrogen-bond acceptors (Lipinski definition) is 2. The van der Waals surface area contributed by atoms with E-state index in [2.05, 4.69) is 114 Å². The summed E-state index contributed by atoms with van der Waals surface area (Å²) in [7, 11) is 0. The van der Waals surface area contributed by atoms with Crippen LogP contribution in [-0.2, 0) is 0 Å². The van der Waals surface area contributed by atoms with Crippen LogP contribution < -0.4 is 5.01 Å². The highest BCUT2D eigenvalue weighted by Crippen LogP contribution is 2.38. The second-order valence-corrected chi connectivity index (χ2v) is 7.31. The number of nitrogens with zero attached hydrogens (tertiary/aromatic N) is 2. The van der Waals surface area contributed by atoms with E-state index in [9.17, 15) is 0 Å². The predicted octanol–water partition coefficient (Wildman–Crippen LogP) is 6.86. The highest BCUT2D eigenvalue weighted by Gasteiger charge is 2.29. The van der Waals surface area contributed by atoms with Gasteiger partial charge in [0.1, 0.15) is 0 Å². The lowest BCUT2D eigenvalue weighted by Gasteiger charge is -2.25. The molecule has 29 heavy (non-hydrogen) atoms. The van der Waals surface area contributed by atoms with Gasteiger partial charge in [-0.25, -0.2) is 0 Å². The smallest absolute Gasteiger partial charge is 0.0831 e. The van der Waals surface area contributed by atoms with Crippen molar-refractivity contribution in [1.29, 1.82) is 0 Å². The Bertz CT molecular complexity index is 1170. The monoisotopic (exact) mass is 374 g/mol. The van der Waals surface area contributed by atoms with Gasteiger partial charge in [0.2, 0.25) is 0 Å². The summed E-state index contributed by atoms with van der Waals surface area (Å²) >= 11 is 0. The molecule has 5 rings (SSSR count). The van der Waals surface area contributed by atoms with Crippen LogP contribution in [0.1, 0.15) is 23.6 Å². The van der Waals surface area contributed by atoms with Gasteiger partial charge in [-0.3, -0.25) is 5.01 Å². The quantitative estimate of drug-likeness (QED) is 0.381. The van der Waals surface area contributed by atoms with Crippen molar-refractivity contribution in [2.24, 2.45) is 5.10 Å². The lowest BCUT2D eigenvalue weighted by Crippen LogP contribution is -2.18. The lowest BCUT2D eigenvalue weighted by atomic mass is 10.00. The molecule has 2 nitrogen and oxygen atoms in total. The normalized spacial score (nSPS) is 16.5. The first-order valence-electron chi connectivity index (χ1n) is 10.0. The fraction of sp³-hybridized carbons (Fsp3) is 0.0741. The first-order valence-corrected chi connectivity index (χ1v) is 10.0. The average Bonchev–Trinajstić information content (AvgIpc) is 3.23. The molecule has 0 aromatic heterocycles. The zero-order valence-corrected chi connectivity index (χ0v) is 16.1. The second kappa shape index (κ2) is 7.76. The van der Waals surface area contributed by atoms with Crippen LogP contribution in [0, 0.1) is 0 Å². The van der Waals surface area contributed by atoms with Gasteiger partial charge >= 0.3 is 0 Å². The molecule has 0 N–H and O–H groups in total. The maximum atomic E-state index is 5.04. The fourth-order valence-electron chi connectivity index (χ4n) is 3.96. The van der Waals surface area contributed by atoms with Gasteiger partial charge in [-0.15, -0.1) is 0 Å². The number of benzene rings is 4. The number of anilines is 1. The predicted molar refractivity (Wildman–Crippen MR) is 123 cm³/mol. The van der Waals surface area contributed by atoms with E-state index in [4.69, 9.17) is 5.10 Å². The Morgan fingerprint density at radius 2 is 1.38 bits per heavy atom. The molecule has 0 bridgehead atoms. The van der Waals surface area contributed by atoms with Gasteiger partial charge in [0, 0.05) is 11.8 Å². The summed E-state index contributed by atoms with van der Waals surface area (Å²) in [4.78, 5) is 0. The van der Waals surface area contributed by atoms with E-state index >= 15 is 0 Å². The van der Waals surface area contributed by atoms with E-state index < -0.39 is 0 Å². The maximum Gasteiger partial charge on any atom is 0.0831 e. The molecular formula is C27H22N2. The Morgan fingerprint density at radius 1 is 0.690 bits per heavy atom. The van der Waals surface area contributed by atoms with Crippen LogP contribution in [0.5, 0.6) is 0 Å². The van der Waals surface area contributed by atoms with Crippen LogP contribution in [0.4, 0.5) is 5.69 Å². The maximum absolute atomic E-state index is 5.04. The van der Waals surface area contributed by atoms with Gasteiger partial charge in [0.15, 0.2) is 0 Å². The second-order valence-electron chi connectivity index (χ2n) is 7.31. The van der Waals surface area contributed by atoms with Crippen molar-refractivity contribution >= 4 is 28.2 Å². The highest BCUT2D eigenvalue weighted by molar-refractivity contribution is 6.03. The third kappa shape index (κ3) is 3.57. The summed E-state index contributed by atoms with van der Waals surface area (Å²) < 4.78 is 0. The van der Waals surface area contributed by atoms with Crippen molar-refractivity contribution < 1.29 is 0 Å². The number of allylic oxidation sites excluding steroid dienone is 1. The molecule has 1 aliphatic heterocycles. The van der Waals surface area contributed by atoms with Crippen LogP contribution in [-0.4, -0.2) is 5.71 Å². The van der Waals surface area contributed by atoms with Gasteiger partial charge in [0.05, 0.1) is 17.4 Å². The molecule has 0 aliphatic carbocycles.